The van der Waals surface area contributed by atoms with Crippen LogP contribution in [0.4, 0.5) is 0 Å². The van der Waals surface area contributed by atoms with E-state index in [2.05, 4.69) is 15.4 Å². The molecule has 0 saturated heterocycles. The molecule has 0 unspecified atom stereocenters. The first-order chi connectivity index (χ1) is 7.65. The lowest BCUT2D eigenvalue weighted by atomic mass is 10.1. The summed E-state index contributed by atoms with van der Waals surface area (Å²) >= 11 is 0. The number of Topliss-reactive ketones (excluding diaryl/α,β-unsaturated/α-hetero) is 1. The van der Waals surface area contributed by atoms with Crippen molar-refractivity contribution in [3.63, 3.8) is 0 Å². The molecule has 0 amide bonds. The van der Waals surface area contributed by atoms with E-state index in [1.165, 1.54) is 6.33 Å². The van der Waals surface area contributed by atoms with Crippen molar-refractivity contribution in [1.82, 2.24) is 20.1 Å². The van der Waals surface area contributed by atoms with Crippen molar-refractivity contribution >= 4 is 5.78 Å². The Morgan fingerprint density at radius 1 is 1.56 bits per heavy atom. The van der Waals surface area contributed by atoms with E-state index in [1.807, 2.05) is 20.9 Å². The molecule has 1 N–H and O–H groups in total. The lowest BCUT2D eigenvalue weighted by Gasteiger charge is -2.08. The van der Waals surface area contributed by atoms with Crippen molar-refractivity contribution in [3.8, 4) is 0 Å². The zero-order valence-corrected chi connectivity index (χ0v) is 10.2. The molecule has 90 valence electrons. The fourth-order valence-electron chi connectivity index (χ4n) is 1.56. The molecule has 5 nitrogen and oxygen atoms in total. The maximum absolute atomic E-state index is 11.7. The second-order valence-corrected chi connectivity index (χ2v) is 4.14. The standard InChI is InChI=1S/C11H20N4O/c1-9(2)15-11(13-8-14-15)7-10(16)5-4-6-12-3/h8-9,12H,4-7H2,1-3H3. The summed E-state index contributed by atoms with van der Waals surface area (Å²) in [6, 6.07) is 0.252. The number of ketones is 1. The van der Waals surface area contributed by atoms with Gasteiger partial charge >= 0.3 is 0 Å². The summed E-state index contributed by atoms with van der Waals surface area (Å²) in [4.78, 5) is 15.8. The van der Waals surface area contributed by atoms with Crippen LogP contribution in [0.1, 0.15) is 38.6 Å². The molecule has 1 heterocycles. The molecular formula is C11H20N4O. The van der Waals surface area contributed by atoms with E-state index in [4.69, 9.17) is 0 Å². The first-order valence-corrected chi connectivity index (χ1v) is 5.69. The quantitative estimate of drug-likeness (QED) is 0.701. The third-order valence-corrected chi connectivity index (χ3v) is 2.37. The van der Waals surface area contributed by atoms with Gasteiger partial charge in [0.15, 0.2) is 0 Å². The Kier molecular flexibility index (Phi) is 5.11. The third kappa shape index (κ3) is 3.73. The second-order valence-electron chi connectivity index (χ2n) is 4.14. The Balaban J connectivity index is 2.46. The van der Waals surface area contributed by atoms with Crippen LogP contribution >= 0.6 is 0 Å². The summed E-state index contributed by atoms with van der Waals surface area (Å²) < 4.78 is 1.80. The Labute approximate surface area is 96.3 Å². The van der Waals surface area contributed by atoms with Gasteiger partial charge in [0, 0.05) is 12.5 Å². The SMILES string of the molecule is CNCCCC(=O)Cc1ncnn1C(C)C. The van der Waals surface area contributed by atoms with Crippen LogP contribution in [0.3, 0.4) is 0 Å². The summed E-state index contributed by atoms with van der Waals surface area (Å²) in [5.41, 5.74) is 0. The van der Waals surface area contributed by atoms with Crippen LogP contribution in [-0.4, -0.2) is 34.1 Å². The van der Waals surface area contributed by atoms with Crippen molar-refractivity contribution in [2.75, 3.05) is 13.6 Å². The van der Waals surface area contributed by atoms with Crippen molar-refractivity contribution in [2.24, 2.45) is 0 Å². The molecule has 0 aliphatic rings. The summed E-state index contributed by atoms with van der Waals surface area (Å²) in [6.45, 7) is 4.94. The predicted octanol–water partition coefficient (Wildman–Crippen LogP) is 0.970. The Hall–Kier alpha value is -1.23. The zero-order chi connectivity index (χ0) is 12.0. The van der Waals surface area contributed by atoms with Crippen LogP contribution in [-0.2, 0) is 11.2 Å². The van der Waals surface area contributed by atoms with Gasteiger partial charge in [-0.2, -0.15) is 5.10 Å². The normalized spacial score (nSPS) is 11.0. The highest BCUT2D eigenvalue weighted by atomic mass is 16.1. The van der Waals surface area contributed by atoms with E-state index >= 15 is 0 Å². The molecular weight excluding hydrogens is 204 g/mol. The first-order valence-electron chi connectivity index (χ1n) is 5.69. The summed E-state index contributed by atoms with van der Waals surface area (Å²) in [6.07, 6.45) is 3.38. The molecule has 1 aromatic heterocycles. The van der Waals surface area contributed by atoms with Crippen molar-refractivity contribution < 1.29 is 4.79 Å². The molecule has 1 aromatic rings. The molecule has 0 saturated carbocycles. The van der Waals surface area contributed by atoms with Crippen molar-refractivity contribution in [1.29, 1.82) is 0 Å². The molecule has 0 fully saturated rings. The van der Waals surface area contributed by atoms with Gasteiger partial charge in [0.1, 0.15) is 17.9 Å². The zero-order valence-electron chi connectivity index (χ0n) is 10.2. The van der Waals surface area contributed by atoms with Crippen molar-refractivity contribution in [3.05, 3.63) is 12.2 Å². The van der Waals surface area contributed by atoms with Gasteiger partial charge in [-0.25, -0.2) is 9.67 Å². The number of aromatic nitrogens is 3. The molecule has 0 aliphatic carbocycles. The predicted molar refractivity (Wildman–Crippen MR) is 62.3 cm³/mol. The average molecular weight is 224 g/mol. The minimum Gasteiger partial charge on any atom is -0.320 e. The number of nitrogens with zero attached hydrogens (tertiary/aromatic N) is 3. The van der Waals surface area contributed by atoms with E-state index in [0.717, 1.165) is 18.8 Å². The lowest BCUT2D eigenvalue weighted by Crippen LogP contribution is -2.15. The minimum absolute atomic E-state index is 0.227. The highest BCUT2D eigenvalue weighted by Gasteiger charge is 2.11. The number of hydrogen-bond acceptors (Lipinski definition) is 4. The molecule has 0 atom stereocenters. The lowest BCUT2D eigenvalue weighted by molar-refractivity contribution is -0.118. The highest BCUT2D eigenvalue weighted by molar-refractivity contribution is 5.80. The molecule has 0 radical (unpaired) electrons. The van der Waals surface area contributed by atoms with Gasteiger partial charge in [0.25, 0.3) is 0 Å². The smallest absolute Gasteiger partial charge is 0.140 e. The molecule has 16 heavy (non-hydrogen) atoms. The highest BCUT2D eigenvalue weighted by Crippen LogP contribution is 2.07. The molecule has 1 rings (SSSR count). The van der Waals surface area contributed by atoms with Gasteiger partial charge < -0.3 is 5.32 Å². The van der Waals surface area contributed by atoms with Crippen LogP contribution in [0.5, 0.6) is 0 Å². The number of rotatable bonds is 7. The van der Waals surface area contributed by atoms with Gasteiger partial charge in [-0.1, -0.05) is 0 Å². The average Bonchev–Trinajstić information content (AvgIpc) is 2.66. The number of carbonyl (C=O) groups is 1. The maximum atomic E-state index is 11.7. The van der Waals surface area contributed by atoms with Crippen LogP contribution in [0, 0.1) is 0 Å². The van der Waals surface area contributed by atoms with Crippen LogP contribution < -0.4 is 5.32 Å². The van der Waals surface area contributed by atoms with E-state index < -0.39 is 0 Å². The van der Waals surface area contributed by atoms with Gasteiger partial charge in [-0.15, -0.1) is 0 Å². The van der Waals surface area contributed by atoms with Gasteiger partial charge in [0.05, 0.1) is 6.42 Å². The Bertz CT molecular complexity index is 332. The fraction of sp³-hybridized carbons (Fsp3) is 0.727. The van der Waals surface area contributed by atoms with Crippen LogP contribution in [0.15, 0.2) is 6.33 Å². The van der Waals surface area contributed by atoms with Crippen LogP contribution in [0.25, 0.3) is 0 Å². The molecule has 0 spiro atoms. The van der Waals surface area contributed by atoms with E-state index in [0.29, 0.717) is 12.8 Å². The first kappa shape index (κ1) is 12.8. The molecule has 0 aromatic carbocycles. The van der Waals surface area contributed by atoms with Gasteiger partial charge in [-0.3, -0.25) is 4.79 Å². The van der Waals surface area contributed by atoms with E-state index in [-0.39, 0.29) is 11.8 Å². The number of nitrogens with one attached hydrogen (secondary N) is 1. The third-order valence-electron chi connectivity index (χ3n) is 2.37. The van der Waals surface area contributed by atoms with Crippen LogP contribution in [0.2, 0.25) is 0 Å². The van der Waals surface area contributed by atoms with Gasteiger partial charge in [-0.05, 0) is 33.9 Å². The maximum Gasteiger partial charge on any atom is 0.140 e. The molecule has 5 heteroatoms. The number of carbonyl (C=O) groups excluding carboxylic acids is 1. The molecule has 0 aliphatic heterocycles. The molecule has 0 bridgehead atoms. The number of hydrogen-bond donors (Lipinski definition) is 1. The minimum atomic E-state index is 0.227. The largest absolute Gasteiger partial charge is 0.320 e. The Morgan fingerprint density at radius 3 is 2.94 bits per heavy atom. The van der Waals surface area contributed by atoms with Crippen molar-refractivity contribution in [2.45, 2.75) is 39.2 Å². The van der Waals surface area contributed by atoms with E-state index in [9.17, 15) is 4.79 Å². The monoisotopic (exact) mass is 224 g/mol. The summed E-state index contributed by atoms with van der Waals surface area (Å²) in [7, 11) is 1.89. The fourth-order valence-corrected chi connectivity index (χ4v) is 1.56. The second kappa shape index (κ2) is 6.37. The van der Waals surface area contributed by atoms with E-state index in [1.54, 1.807) is 4.68 Å². The summed E-state index contributed by atoms with van der Waals surface area (Å²) in [5.74, 6) is 0.995. The topological polar surface area (TPSA) is 59.8 Å². The Morgan fingerprint density at radius 2 is 2.31 bits per heavy atom. The summed E-state index contributed by atoms with van der Waals surface area (Å²) in [5, 5.41) is 7.13. The van der Waals surface area contributed by atoms with Gasteiger partial charge in [0.2, 0.25) is 0 Å².